The topological polar surface area (TPSA) is 49.4 Å². The highest BCUT2D eigenvalue weighted by Crippen LogP contribution is 2.27. The van der Waals surface area contributed by atoms with Crippen molar-refractivity contribution >= 4 is 10.0 Å². The number of rotatable bonds is 7. The third-order valence-electron chi connectivity index (χ3n) is 3.94. The normalized spacial score (nSPS) is 16.4. The maximum atomic E-state index is 12.4. The van der Waals surface area contributed by atoms with Crippen LogP contribution in [0.1, 0.15) is 30.4 Å². The van der Waals surface area contributed by atoms with E-state index in [0.717, 1.165) is 30.5 Å². The molecule has 1 N–H and O–H groups in total. The smallest absolute Gasteiger partial charge is 0.218 e. The Labute approximate surface area is 122 Å². The fourth-order valence-corrected chi connectivity index (χ4v) is 3.77. The first-order valence-corrected chi connectivity index (χ1v) is 8.78. The van der Waals surface area contributed by atoms with Crippen LogP contribution in [-0.2, 0) is 22.3 Å². The molecule has 0 unspecified atom stereocenters. The van der Waals surface area contributed by atoms with Crippen molar-refractivity contribution in [1.82, 2.24) is 9.62 Å². The summed E-state index contributed by atoms with van der Waals surface area (Å²) in [7, 11) is 0.381. The van der Waals surface area contributed by atoms with Crippen LogP contribution >= 0.6 is 0 Å². The first-order valence-electron chi connectivity index (χ1n) is 7.17. The van der Waals surface area contributed by atoms with Gasteiger partial charge in [0.25, 0.3) is 0 Å². The first-order chi connectivity index (χ1) is 9.51. The van der Waals surface area contributed by atoms with Gasteiger partial charge in [0.05, 0.1) is 5.75 Å². The van der Waals surface area contributed by atoms with E-state index in [1.807, 2.05) is 31.3 Å². The predicted molar refractivity (Wildman–Crippen MR) is 81.8 cm³/mol. The molecular weight excluding hydrogens is 272 g/mol. The van der Waals surface area contributed by atoms with Gasteiger partial charge in [0.15, 0.2) is 0 Å². The zero-order valence-corrected chi connectivity index (χ0v) is 13.1. The van der Waals surface area contributed by atoms with Gasteiger partial charge in [-0.1, -0.05) is 30.7 Å². The number of nitrogens with one attached hydrogen (secondary N) is 1. The lowest BCUT2D eigenvalue weighted by Gasteiger charge is -2.29. The van der Waals surface area contributed by atoms with Crippen LogP contribution in [0.25, 0.3) is 0 Å². The van der Waals surface area contributed by atoms with Crippen LogP contribution in [-0.4, -0.2) is 33.4 Å². The van der Waals surface area contributed by atoms with E-state index in [9.17, 15) is 8.42 Å². The summed E-state index contributed by atoms with van der Waals surface area (Å²) < 4.78 is 26.2. The minimum absolute atomic E-state index is 0.0910. The minimum atomic E-state index is -3.20. The zero-order valence-electron chi connectivity index (χ0n) is 12.3. The Morgan fingerprint density at radius 1 is 1.30 bits per heavy atom. The van der Waals surface area contributed by atoms with Crippen LogP contribution in [0.4, 0.5) is 0 Å². The van der Waals surface area contributed by atoms with Gasteiger partial charge in [-0.3, -0.25) is 0 Å². The summed E-state index contributed by atoms with van der Waals surface area (Å²) in [6, 6.07) is 7.77. The van der Waals surface area contributed by atoms with E-state index in [1.165, 1.54) is 10.7 Å². The van der Waals surface area contributed by atoms with Gasteiger partial charge in [0.1, 0.15) is 0 Å². The molecule has 4 nitrogen and oxygen atoms in total. The van der Waals surface area contributed by atoms with E-state index in [4.69, 9.17) is 0 Å². The molecule has 0 saturated heterocycles. The third kappa shape index (κ3) is 4.04. The summed E-state index contributed by atoms with van der Waals surface area (Å²) in [5.74, 6) is 0.652. The van der Waals surface area contributed by atoms with Gasteiger partial charge in [-0.05, 0) is 36.9 Å². The monoisotopic (exact) mass is 296 g/mol. The first kappa shape index (κ1) is 15.5. The number of hydrogen-bond acceptors (Lipinski definition) is 3. The summed E-state index contributed by atoms with van der Waals surface area (Å²) in [5, 5.41) is 3.08. The van der Waals surface area contributed by atoms with Gasteiger partial charge in [-0.15, -0.1) is 0 Å². The molecule has 0 spiro atoms. The Bertz CT molecular complexity index is 539. The van der Waals surface area contributed by atoms with Gasteiger partial charge in [0, 0.05) is 20.1 Å². The lowest BCUT2D eigenvalue weighted by Crippen LogP contribution is -2.35. The highest BCUT2D eigenvalue weighted by atomic mass is 32.2. The molecule has 1 aliphatic carbocycles. The maximum Gasteiger partial charge on any atom is 0.218 e. The minimum Gasteiger partial charge on any atom is -0.316 e. The van der Waals surface area contributed by atoms with Crippen LogP contribution in [0.15, 0.2) is 24.3 Å². The van der Waals surface area contributed by atoms with Crippen LogP contribution in [0, 0.1) is 5.92 Å². The lowest BCUT2D eigenvalue weighted by atomic mass is 9.86. The van der Waals surface area contributed by atoms with E-state index in [0.29, 0.717) is 12.5 Å². The van der Waals surface area contributed by atoms with Crippen LogP contribution in [0.5, 0.6) is 0 Å². The van der Waals surface area contributed by atoms with Crippen molar-refractivity contribution in [3.63, 3.8) is 0 Å². The summed E-state index contributed by atoms with van der Waals surface area (Å²) >= 11 is 0. The Hall–Kier alpha value is -0.910. The number of benzene rings is 1. The van der Waals surface area contributed by atoms with Crippen LogP contribution in [0.3, 0.4) is 0 Å². The van der Waals surface area contributed by atoms with E-state index in [2.05, 4.69) is 5.32 Å². The SMILES string of the molecule is CNCc1cccc(CS(=O)(=O)N(C)CC2CCC2)c1. The molecule has 0 amide bonds. The van der Waals surface area contributed by atoms with Crippen LogP contribution in [0.2, 0.25) is 0 Å². The summed E-state index contributed by atoms with van der Waals surface area (Å²) in [4.78, 5) is 0. The fraction of sp³-hybridized carbons (Fsp3) is 0.600. The molecule has 112 valence electrons. The fourth-order valence-electron chi connectivity index (χ4n) is 2.51. The second-order valence-corrected chi connectivity index (χ2v) is 7.76. The van der Waals surface area contributed by atoms with Gasteiger partial charge in [0.2, 0.25) is 10.0 Å². The van der Waals surface area contributed by atoms with Gasteiger partial charge < -0.3 is 5.32 Å². The van der Waals surface area contributed by atoms with Crippen molar-refractivity contribution in [2.45, 2.75) is 31.6 Å². The molecule has 1 aromatic rings. The van der Waals surface area contributed by atoms with E-state index in [1.54, 1.807) is 7.05 Å². The second kappa shape index (κ2) is 6.70. The molecule has 5 heteroatoms. The van der Waals surface area contributed by atoms with Gasteiger partial charge >= 0.3 is 0 Å². The molecule has 0 bridgehead atoms. The summed E-state index contributed by atoms with van der Waals surface area (Å²) in [6.07, 6.45) is 3.57. The average Bonchev–Trinajstić information content (AvgIpc) is 2.33. The zero-order chi connectivity index (χ0) is 14.6. The highest BCUT2D eigenvalue weighted by Gasteiger charge is 2.25. The molecule has 1 aliphatic rings. The Morgan fingerprint density at radius 2 is 2.00 bits per heavy atom. The Morgan fingerprint density at radius 3 is 2.60 bits per heavy atom. The largest absolute Gasteiger partial charge is 0.316 e. The molecule has 2 rings (SSSR count). The van der Waals surface area contributed by atoms with Crippen molar-refractivity contribution in [3.05, 3.63) is 35.4 Å². The van der Waals surface area contributed by atoms with Crippen molar-refractivity contribution in [2.24, 2.45) is 5.92 Å². The average molecular weight is 296 g/mol. The van der Waals surface area contributed by atoms with Crippen molar-refractivity contribution in [3.8, 4) is 0 Å². The van der Waals surface area contributed by atoms with E-state index >= 15 is 0 Å². The molecule has 1 saturated carbocycles. The van der Waals surface area contributed by atoms with E-state index in [-0.39, 0.29) is 5.75 Å². The summed E-state index contributed by atoms with van der Waals surface area (Å²) in [5.41, 5.74) is 1.97. The predicted octanol–water partition coefficient (Wildman–Crippen LogP) is 1.97. The highest BCUT2D eigenvalue weighted by molar-refractivity contribution is 7.88. The molecule has 0 aromatic heterocycles. The van der Waals surface area contributed by atoms with Gasteiger partial charge in [-0.25, -0.2) is 12.7 Å². The van der Waals surface area contributed by atoms with Crippen molar-refractivity contribution in [2.75, 3.05) is 20.6 Å². The standard InChI is InChI=1S/C15H24N2O2S/c1-16-10-14-7-4-8-15(9-14)12-20(18,19)17(2)11-13-5-3-6-13/h4,7-9,13,16H,3,5-6,10-12H2,1-2H3. The van der Waals surface area contributed by atoms with E-state index < -0.39 is 10.0 Å². The van der Waals surface area contributed by atoms with Gasteiger partial charge in [-0.2, -0.15) is 0 Å². The third-order valence-corrected chi connectivity index (χ3v) is 5.73. The molecule has 20 heavy (non-hydrogen) atoms. The Balaban J connectivity index is 2.00. The molecular formula is C15H24N2O2S. The quantitative estimate of drug-likeness (QED) is 0.837. The molecule has 1 fully saturated rings. The Kier molecular flexibility index (Phi) is 5.18. The lowest BCUT2D eigenvalue weighted by molar-refractivity contribution is 0.263. The van der Waals surface area contributed by atoms with Crippen LogP contribution < -0.4 is 5.32 Å². The second-order valence-electron chi connectivity index (χ2n) is 5.68. The summed E-state index contributed by atoms with van der Waals surface area (Å²) in [6.45, 7) is 1.42. The molecule has 0 atom stereocenters. The number of hydrogen-bond donors (Lipinski definition) is 1. The molecule has 0 aliphatic heterocycles. The molecule has 1 aromatic carbocycles. The van der Waals surface area contributed by atoms with Crippen molar-refractivity contribution in [1.29, 1.82) is 0 Å². The number of nitrogens with zero attached hydrogens (tertiary/aromatic N) is 1. The number of sulfonamides is 1. The maximum absolute atomic E-state index is 12.4. The van der Waals surface area contributed by atoms with Crippen molar-refractivity contribution < 1.29 is 8.42 Å². The molecule has 0 radical (unpaired) electrons. The molecule has 0 heterocycles.